The Bertz CT molecular complexity index is 1050. The molecule has 138 valence electrons. The summed E-state index contributed by atoms with van der Waals surface area (Å²) in [7, 11) is -2.33. The second kappa shape index (κ2) is 7.63. The van der Waals surface area contributed by atoms with Crippen LogP contribution in [0.1, 0.15) is 17.3 Å². The number of carbonyl (C=O) groups is 1. The fourth-order valence-corrected chi connectivity index (χ4v) is 3.77. The Kier molecular flexibility index (Phi) is 5.28. The molecule has 0 saturated carbocycles. The number of para-hydroxylation sites is 3. The molecule has 0 radical (unpaired) electrons. The van der Waals surface area contributed by atoms with Gasteiger partial charge in [-0.25, -0.2) is 8.42 Å². The lowest BCUT2D eigenvalue weighted by Crippen LogP contribution is -2.27. The Morgan fingerprint density at radius 3 is 2.07 bits per heavy atom. The Balaban J connectivity index is 1.95. The van der Waals surface area contributed by atoms with Crippen LogP contribution in [0.3, 0.4) is 0 Å². The summed E-state index contributed by atoms with van der Waals surface area (Å²) in [5, 5.41) is 0. The highest BCUT2D eigenvalue weighted by Gasteiger charge is 2.24. The summed E-state index contributed by atoms with van der Waals surface area (Å²) in [6.07, 6.45) is 0. The van der Waals surface area contributed by atoms with E-state index in [1.54, 1.807) is 36.4 Å². The maximum absolute atomic E-state index is 13.0. The van der Waals surface area contributed by atoms with Gasteiger partial charge in [-0.15, -0.1) is 0 Å². The zero-order chi connectivity index (χ0) is 19.4. The molecule has 5 nitrogen and oxygen atoms in total. The lowest BCUT2D eigenvalue weighted by Gasteiger charge is -2.22. The number of nitrogens with zero attached hydrogens (tertiary/aromatic N) is 1. The molecule has 0 fully saturated rings. The molecule has 0 unspecified atom stereocenters. The Morgan fingerprint density at radius 2 is 1.44 bits per heavy atom. The molecule has 0 heterocycles. The van der Waals surface area contributed by atoms with Crippen LogP contribution in [-0.2, 0) is 10.0 Å². The van der Waals surface area contributed by atoms with E-state index in [0.29, 0.717) is 22.7 Å². The normalized spacial score (nSPS) is 11.0. The largest absolute Gasteiger partial charge is 0.455 e. The summed E-state index contributed by atoms with van der Waals surface area (Å²) < 4.78 is 33.0. The number of ether oxygens (including phenoxy) is 1. The summed E-state index contributed by atoms with van der Waals surface area (Å²) in [5.41, 5.74) is 0.876. The summed E-state index contributed by atoms with van der Waals surface area (Å²) in [4.78, 5) is 11.5. The van der Waals surface area contributed by atoms with Gasteiger partial charge in [0.05, 0.1) is 10.6 Å². The van der Waals surface area contributed by atoms with Gasteiger partial charge in [0, 0.05) is 12.6 Å². The number of sulfonamides is 1. The molecule has 3 aromatic rings. The van der Waals surface area contributed by atoms with Gasteiger partial charge in [0.15, 0.2) is 11.5 Å². The highest BCUT2D eigenvalue weighted by Crippen LogP contribution is 2.34. The first kappa shape index (κ1) is 18.7. The third kappa shape index (κ3) is 4.01. The van der Waals surface area contributed by atoms with Crippen LogP contribution in [0.5, 0.6) is 11.5 Å². The number of ketones is 1. The van der Waals surface area contributed by atoms with Crippen LogP contribution < -0.4 is 9.04 Å². The van der Waals surface area contributed by atoms with Crippen LogP contribution in [0.25, 0.3) is 0 Å². The first-order valence-corrected chi connectivity index (χ1v) is 9.75. The quantitative estimate of drug-likeness (QED) is 0.590. The van der Waals surface area contributed by atoms with Crippen molar-refractivity contribution in [3.8, 4) is 11.5 Å². The number of anilines is 1. The number of carbonyl (C=O) groups excluding carboxylic acids is 1. The van der Waals surface area contributed by atoms with E-state index in [1.165, 1.54) is 42.5 Å². The van der Waals surface area contributed by atoms with Gasteiger partial charge < -0.3 is 4.74 Å². The zero-order valence-electron chi connectivity index (χ0n) is 15.0. The number of hydrogen-bond donors (Lipinski definition) is 0. The molecule has 0 bridgehead atoms. The topological polar surface area (TPSA) is 63.7 Å². The van der Waals surface area contributed by atoms with E-state index in [9.17, 15) is 13.2 Å². The van der Waals surface area contributed by atoms with Crippen LogP contribution in [0, 0.1) is 0 Å². The third-order valence-corrected chi connectivity index (χ3v) is 5.88. The minimum absolute atomic E-state index is 0.101. The second-order valence-corrected chi connectivity index (χ2v) is 7.91. The van der Waals surface area contributed by atoms with Gasteiger partial charge in [-0.2, -0.15) is 0 Å². The number of rotatable bonds is 6. The van der Waals surface area contributed by atoms with E-state index in [4.69, 9.17) is 4.74 Å². The van der Waals surface area contributed by atoms with Crippen molar-refractivity contribution in [1.29, 1.82) is 0 Å². The van der Waals surface area contributed by atoms with E-state index < -0.39 is 10.0 Å². The molecule has 0 aromatic heterocycles. The van der Waals surface area contributed by atoms with Crippen LogP contribution in [0.15, 0.2) is 83.8 Å². The van der Waals surface area contributed by atoms with E-state index in [0.717, 1.165) is 0 Å². The van der Waals surface area contributed by atoms with Crippen LogP contribution in [0.2, 0.25) is 0 Å². The van der Waals surface area contributed by atoms with E-state index >= 15 is 0 Å². The highest BCUT2D eigenvalue weighted by atomic mass is 32.2. The summed E-state index contributed by atoms with van der Waals surface area (Å²) >= 11 is 0. The Labute approximate surface area is 158 Å². The van der Waals surface area contributed by atoms with Crippen molar-refractivity contribution >= 4 is 21.5 Å². The molecule has 3 aromatic carbocycles. The molecule has 0 aliphatic carbocycles. The minimum Gasteiger partial charge on any atom is -0.455 e. The zero-order valence-corrected chi connectivity index (χ0v) is 15.8. The van der Waals surface area contributed by atoms with Gasteiger partial charge in [-0.3, -0.25) is 9.10 Å². The van der Waals surface area contributed by atoms with Crippen molar-refractivity contribution in [1.82, 2.24) is 0 Å². The molecule has 27 heavy (non-hydrogen) atoms. The van der Waals surface area contributed by atoms with Crippen LogP contribution in [0.4, 0.5) is 5.69 Å². The van der Waals surface area contributed by atoms with E-state index in [1.807, 2.05) is 18.2 Å². The lowest BCUT2D eigenvalue weighted by molar-refractivity contribution is 0.101. The van der Waals surface area contributed by atoms with E-state index in [-0.39, 0.29) is 10.7 Å². The standard InChI is InChI=1S/C21H19NO4S/c1-16(23)17-12-14-19(15-13-17)27(24,25)22(2)20-10-6-7-11-21(20)26-18-8-4-3-5-9-18/h3-15H,1-2H3. The Hall–Kier alpha value is -3.12. The molecular weight excluding hydrogens is 362 g/mol. The number of hydrogen-bond acceptors (Lipinski definition) is 4. The van der Waals surface area contributed by atoms with Crippen molar-refractivity contribution in [3.63, 3.8) is 0 Å². The number of benzene rings is 3. The van der Waals surface area contributed by atoms with Gasteiger partial charge in [-0.05, 0) is 43.3 Å². The van der Waals surface area contributed by atoms with Gasteiger partial charge in [0.2, 0.25) is 0 Å². The predicted octanol–water partition coefficient (Wildman–Crippen LogP) is 4.51. The van der Waals surface area contributed by atoms with Gasteiger partial charge in [0.25, 0.3) is 10.0 Å². The van der Waals surface area contributed by atoms with Gasteiger partial charge in [0.1, 0.15) is 5.75 Å². The first-order valence-electron chi connectivity index (χ1n) is 8.31. The smallest absolute Gasteiger partial charge is 0.264 e. The Morgan fingerprint density at radius 1 is 0.852 bits per heavy atom. The monoisotopic (exact) mass is 381 g/mol. The summed E-state index contributed by atoms with van der Waals surface area (Å²) in [5.74, 6) is 0.922. The summed E-state index contributed by atoms with van der Waals surface area (Å²) in [6.45, 7) is 1.44. The molecule has 0 aliphatic heterocycles. The van der Waals surface area contributed by atoms with Crippen molar-refractivity contribution in [2.45, 2.75) is 11.8 Å². The fraction of sp³-hybridized carbons (Fsp3) is 0.0952. The van der Waals surface area contributed by atoms with Crippen molar-refractivity contribution in [2.24, 2.45) is 0 Å². The van der Waals surface area contributed by atoms with Crippen molar-refractivity contribution < 1.29 is 17.9 Å². The molecule has 3 rings (SSSR count). The second-order valence-electron chi connectivity index (χ2n) is 5.94. The van der Waals surface area contributed by atoms with Gasteiger partial charge >= 0.3 is 0 Å². The van der Waals surface area contributed by atoms with Crippen molar-refractivity contribution in [3.05, 3.63) is 84.4 Å². The van der Waals surface area contributed by atoms with Gasteiger partial charge in [-0.1, -0.05) is 42.5 Å². The van der Waals surface area contributed by atoms with Crippen LogP contribution >= 0.6 is 0 Å². The summed E-state index contributed by atoms with van der Waals surface area (Å²) in [6, 6.07) is 22.0. The highest BCUT2D eigenvalue weighted by molar-refractivity contribution is 7.92. The minimum atomic E-state index is -3.81. The average molecular weight is 381 g/mol. The average Bonchev–Trinajstić information content (AvgIpc) is 2.68. The molecule has 0 atom stereocenters. The predicted molar refractivity (Wildman–Crippen MR) is 105 cm³/mol. The van der Waals surface area contributed by atoms with E-state index in [2.05, 4.69) is 0 Å². The number of Topliss-reactive ketones (excluding diaryl/α,β-unsaturated/α-hetero) is 1. The molecule has 6 heteroatoms. The molecule has 0 spiro atoms. The lowest BCUT2D eigenvalue weighted by atomic mass is 10.2. The maximum Gasteiger partial charge on any atom is 0.264 e. The molecular formula is C21H19NO4S. The van der Waals surface area contributed by atoms with Crippen molar-refractivity contribution in [2.75, 3.05) is 11.4 Å². The SMILES string of the molecule is CC(=O)c1ccc(S(=O)(=O)N(C)c2ccccc2Oc2ccccc2)cc1. The maximum atomic E-state index is 13.0. The molecule has 0 aliphatic rings. The van der Waals surface area contributed by atoms with Crippen LogP contribution in [-0.4, -0.2) is 21.2 Å². The molecule has 0 amide bonds. The molecule has 0 N–H and O–H groups in total. The molecule has 0 saturated heterocycles. The first-order chi connectivity index (χ1) is 12.9. The fourth-order valence-electron chi connectivity index (χ4n) is 2.57. The third-order valence-electron chi connectivity index (χ3n) is 4.09.